The van der Waals surface area contributed by atoms with Gasteiger partial charge in [0.15, 0.2) is 0 Å². The first-order valence-electron chi connectivity index (χ1n) is 11.7. The molecule has 2 fully saturated rings. The first kappa shape index (κ1) is 21.9. The number of nitrogens with zero attached hydrogens (tertiary/aromatic N) is 6. The molecular formula is C24H26N6O5. The Morgan fingerprint density at radius 2 is 1.94 bits per heavy atom. The number of hydrogen-bond donors (Lipinski definition) is 1. The number of carbonyl (C=O) groups is 3. The summed E-state index contributed by atoms with van der Waals surface area (Å²) in [4.78, 5) is 45.6. The van der Waals surface area contributed by atoms with Crippen LogP contribution in [0.5, 0.6) is 0 Å². The standard InChI is InChI=1S/C24H26N6O5/c1-27-10-4-8-17-18(21(27)32)19-22(33)29(12-13-31)20-23(34)28(11-5-9-24(19,20)35-17)14-30-16-7-3-2-6-15(16)25-26-30/h2-9,17-20,31H,10-14H2,1H3/t17-,18+,19-,20?,24-/m0/s1. The van der Waals surface area contributed by atoms with Crippen molar-refractivity contribution in [1.29, 1.82) is 0 Å². The van der Waals surface area contributed by atoms with Crippen molar-refractivity contribution in [3.63, 3.8) is 0 Å². The van der Waals surface area contributed by atoms with Gasteiger partial charge < -0.3 is 24.5 Å². The number of aliphatic hydroxyl groups is 1. The largest absolute Gasteiger partial charge is 0.395 e. The molecule has 11 nitrogen and oxygen atoms in total. The Labute approximate surface area is 201 Å². The van der Waals surface area contributed by atoms with Crippen LogP contribution in [0.15, 0.2) is 48.6 Å². The summed E-state index contributed by atoms with van der Waals surface area (Å²) in [5, 5.41) is 18.1. The summed E-state index contributed by atoms with van der Waals surface area (Å²) in [5.74, 6) is -2.44. The van der Waals surface area contributed by atoms with Crippen molar-refractivity contribution < 1.29 is 24.2 Å². The lowest BCUT2D eigenvalue weighted by Crippen LogP contribution is -2.55. The highest BCUT2D eigenvalue weighted by Gasteiger charge is 2.71. The monoisotopic (exact) mass is 478 g/mol. The van der Waals surface area contributed by atoms with Gasteiger partial charge in [-0.05, 0) is 12.1 Å². The number of likely N-dealkylation sites (N-methyl/N-ethyl adjacent to an activating group) is 1. The lowest BCUT2D eigenvalue weighted by molar-refractivity contribution is -0.149. The van der Waals surface area contributed by atoms with Gasteiger partial charge in [-0.25, -0.2) is 4.68 Å². The maximum atomic E-state index is 14.0. The number of likely N-dealkylation sites (tertiary alicyclic amines) is 1. The van der Waals surface area contributed by atoms with Crippen molar-refractivity contribution in [1.82, 2.24) is 29.7 Å². The number of para-hydroxylation sites is 1. The molecular weight excluding hydrogens is 452 g/mol. The first-order valence-corrected chi connectivity index (χ1v) is 11.7. The Kier molecular flexibility index (Phi) is 5.01. The van der Waals surface area contributed by atoms with Gasteiger partial charge in [0.2, 0.25) is 11.8 Å². The second-order valence-electron chi connectivity index (χ2n) is 9.43. The molecule has 1 aromatic heterocycles. The van der Waals surface area contributed by atoms with Gasteiger partial charge in [0.1, 0.15) is 23.8 Å². The summed E-state index contributed by atoms with van der Waals surface area (Å²) in [5.41, 5.74) is 0.207. The number of hydrogen-bond acceptors (Lipinski definition) is 7. The van der Waals surface area contributed by atoms with Crippen molar-refractivity contribution in [3.8, 4) is 0 Å². The molecule has 182 valence electrons. The Bertz CT molecular complexity index is 1270. The molecule has 0 bridgehead atoms. The van der Waals surface area contributed by atoms with Crippen molar-refractivity contribution in [3.05, 3.63) is 48.6 Å². The maximum absolute atomic E-state index is 14.0. The molecule has 1 aromatic carbocycles. The number of carbonyl (C=O) groups excluding carboxylic acids is 3. The van der Waals surface area contributed by atoms with Crippen LogP contribution in [-0.2, 0) is 25.8 Å². The van der Waals surface area contributed by atoms with Crippen molar-refractivity contribution in [2.24, 2.45) is 11.8 Å². The molecule has 4 aliphatic heterocycles. The molecule has 1 N–H and O–H groups in total. The second-order valence-corrected chi connectivity index (χ2v) is 9.43. The Hall–Kier alpha value is -3.57. The smallest absolute Gasteiger partial charge is 0.250 e. The topological polar surface area (TPSA) is 121 Å². The summed E-state index contributed by atoms with van der Waals surface area (Å²) in [6, 6.07) is 6.47. The molecule has 4 aliphatic rings. The molecule has 0 radical (unpaired) electrons. The summed E-state index contributed by atoms with van der Waals surface area (Å²) >= 11 is 0. The van der Waals surface area contributed by atoms with E-state index in [0.717, 1.165) is 5.52 Å². The minimum atomic E-state index is -1.30. The average molecular weight is 479 g/mol. The molecule has 5 atom stereocenters. The molecule has 0 saturated carbocycles. The zero-order valence-corrected chi connectivity index (χ0v) is 19.2. The number of ether oxygens (including phenoxy) is 1. The number of amides is 3. The van der Waals surface area contributed by atoms with Crippen LogP contribution in [0.1, 0.15) is 0 Å². The predicted octanol–water partition coefficient (Wildman–Crippen LogP) is -0.611. The molecule has 11 heteroatoms. The minimum absolute atomic E-state index is 0.0258. The fourth-order valence-electron chi connectivity index (χ4n) is 5.97. The lowest BCUT2D eigenvalue weighted by atomic mass is 9.77. The van der Waals surface area contributed by atoms with Gasteiger partial charge in [0.05, 0.1) is 30.1 Å². The van der Waals surface area contributed by atoms with Crippen LogP contribution >= 0.6 is 0 Å². The average Bonchev–Trinajstić information content (AvgIpc) is 3.40. The first-order chi connectivity index (χ1) is 17.0. The number of rotatable bonds is 4. The molecule has 1 spiro atoms. The highest BCUT2D eigenvalue weighted by molar-refractivity contribution is 5.99. The van der Waals surface area contributed by atoms with Crippen LogP contribution in [0.2, 0.25) is 0 Å². The molecule has 5 heterocycles. The number of β-amino-alcohol motifs (C(OH)–C–C–N with tert-alkyl or cyclic N) is 1. The van der Waals surface area contributed by atoms with Crippen LogP contribution in [0.25, 0.3) is 11.0 Å². The van der Waals surface area contributed by atoms with Gasteiger partial charge in [-0.15, -0.1) is 5.10 Å². The van der Waals surface area contributed by atoms with Gasteiger partial charge in [-0.1, -0.05) is 41.7 Å². The van der Waals surface area contributed by atoms with Crippen LogP contribution in [0.3, 0.4) is 0 Å². The van der Waals surface area contributed by atoms with E-state index in [4.69, 9.17) is 4.74 Å². The van der Waals surface area contributed by atoms with E-state index in [2.05, 4.69) is 10.3 Å². The van der Waals surface area contributed by atoms with E-state index in [1.807, 2.05) is 42.5 Å². The van der Waals surface area contributed by atoms with Crippen LogP contribution in [0, 0.1) is 11.8 Å². The molecule has 2 saturated heterocycles. The van der Waals surface area contributed by atoms with Gasteiger partial charge >= 0.3 is 0 Å². The van der Waals surface area contributed by atoms with Crippen molar-refractivity contribution in [2.45, 2.75) is 24.4 Å². The van der Waals surface area contributed by atoms with E-state index in [9.17, 15) is 19.5 Å². The van der Waals surface area contributed by atoms with Crippen LogP contribution < -0.4 is 0 Å². The van der Waals surface area contributed by atoms with Gasteiger partial charge in [0, 0.05) is 26.7 Å². The van der Waals surface area contributed by atoms with Gasteiger partial charge in [0.25, 0.3) is 5.91 Å². The molecule has 3 amide bonds. The van der Waals surface area contributed by atoms with E-state index >= 15 is 0 Å². The molecule has 6 rings (SSSR count). The highest BCUT2D eigenvalue weighted by atomic mass is 16.5. The molecule has 1 unspecified atom stereocenters. The lowest BCUT2D eigenvalue weighted by Gasteiger charge is -2.35. The highest BCUT2D eigenvalue weighted by Crippen LogP contribution is 2.53. The van der Waals surface area contributed by atoms with E-state index < -0.39 is 29.6 Å². The molecule has 35 heavy (non-hydrogen) atoms. The predicted molar refractivity (Wildman–Crippen MR) is 122 cm³/mol. The second kappa shape index (κ2) is 7.99. The molecule has 0 aliphatic carbocycles. The fraction of sp³-hybridized carbons (Fsp3) is 0.458. The zero-order chi connectivity index (χ0) is 24.3. The van der Waals surface area contributed by atoms with E-state index in [-0.39, 0.29) is 44.1 Å². The summed E-state index contributed by atoms with van der Waals surface area (Å²) in [7, 11) is 1.70. The number of fused-ring (bicyclic) bond motifs is 3. The number of benzene rings is 1. The Morgan fingerprint density at radius 1 is 1.11 bits per heavy atom. The number of aliphatic hydroxyl groups excluding tert-OH is 1. The quantitative estimate of drug-likeness (QED) is 0.582. The van der Waals surface area contributed by atoms with Gasteiger partial charge in [-0.3, -0.25) is 14.4 Å². The van der Waals surface area contributed by atoms with E-state index in [0.29, 0.717) is 12.1 Å². The van der Waals surface area contributed by atoms with E-state index in [1.165, 1.54) is 4.90 Å². The Morgan fingerprint density at radius 3 is 2.77 bits per heavy atom. The SMILES string of the molecule is CN1CC=C[C@@H]2O[C@]34C=CCN(Cn5nnc6ccccc65)C(=O)C3N(CCO)C(=O)[C@@H]4[C@@H]2C1=O. The Balaban J connectivity index is 1.40. The minimum Gasteiger partial charge on any atom is -0.395 e. The van der Waals surface area contributed by atoms with Crippen LogP contribution in [-0.4, -0.2) is 104 Å². The van der Waals surface area contributed by atoms with Crippen molar-refractivity contribution in [2.75, 3.05) is 33.3 Å². The normalized spacial score (nSPS) is 32.2. The third-order valence-corrected chi connectivity index (χ3v) is 7.51. The third kappa shape index (κ3) is 3.08. The summed E-state index contributed by atoms with van der Waals surface area (Å²) < 4.78 is 8.13. The summed E-state index contributed by atoms with van der Waals surface area (Å²) in [6.07, 6.45) is 6.68. The summed E-state index contributed by atoms with van der Waals surface area (Å²) in [6.45, 7) is 0.513. The molecule has 2 aromatic rings. The maximum Gasteiger partial charge on any atom is 0.250 e. The zero-order valence-electron chi connectivity index (χ0n) is 19.2. The van der Waals surface area contributed by atoms with E-state index in [1.54, 1.807) is 27.6 Å². The van der Waals surface area contributed by atoms with Crippen molar-refractivity contribution >= 4 is 28.8 Å². The van der Waals surface area contributed by atoms with Gasteiger partial charge in [-0.2, -0.15) is 0 Å². The number of aromatic nitrogens is 3. The van der Waals surface area contributed by atoms with Crippen LogP contribution in [0.4, 0.5) is 0 Å². The third-order valence-electron chi connectivity index (χ3n) is 7.51. The fourth-order valence-corrected chi connectivity index (χ4v) is 5.97.